The third kappa shape index (κ3) is 5.77. The minimum Gasteiger partial charge on any atom is -0.479 e. The molecule has 0 aliphatic carbocycles. The lowest BCUT2D eigenvalue weighted by Gasteiger charge is -2.18. The molecule has 2 aromatic rings. The summed E-state index contributed by atoms with van der Waals surface area (Å²) < 4.78 is 10.7. The van der Waals surface area contributed by atoms with Gasteiger partial charge in [-0.15, -0.1) is 0 Å². The summed E-state index contributed by atoms with van der Waals surface area (Å²) in [6.07, 6.45) is -0.867. The first kappa shape index (κ1) is 19.8. The van der Waals surface area contributed by atoms with Gasteiger partial charge in [0, 0.05) is 10.7 Å². The van der Waals surface area contributed by atoms with E-state index in [4.69, 9.17) is 21.1 Å². The maximum absolute atomic E-state index is 12.2. The molecule has 0 unspecified atom stereocenters. The average molecular weight is 376 g/mol. The van der Waals surface area contributed by atoms with Crippen molar-refractivity contribution < 1.29 is 19.1 Å². The number of halogens is 1. The fraction of sp³-hybridized carbons (Fsp3) is 0.300. The zero-order valence-corrected chi connectivity index (χ0v) is 15.7. The number of anilines is 1. The van der Waals surface area contributed by atoms with E-state index in [0.29, 0.717) is 16.5 Å². The number of esters is 1. The highest BCUT2D eigenvalue weighted by Crippen LogP contribution is 2.17. The molecule has 1 amide bonds. The van der Waals surface area contributed by atoms with Crippen LogP contribution in [-0.4, -0.2) is 24.1 Å². The summed E-state index contributed by atoms with van der Waals surface area (Å²) in [5, 5.41) is 3.30. The summed E-state index contributed by atoms with van der Waals surface area (Å²) in [4.78, 5) is 24.3. The van der Waals surface area contributed by atoms with E-state index in [1.54, 1.807) is 31.2 Å². The summed E-state index contributed by atoms with van der Waals surface area (Å²) in [6.45, 7) is 5.14. The Morgan fingerprint density at radius 1 is 1.00 bits per heavy atom. The zero-order valence-electron chi connectivity index (χ0n) is 15.0. The van der Waals surface area contributed by atoms with Crippen molar-refractivity contribution in [3.05, 3.63) is 59.1 Å². The Hall–Kier alpha value is -2.53. The average Bonchev–Trinajstić information content (AvgIpc) is 2.64. The Kier molecular flexibility index (Phi) is 7.04. The van der Waals surface area contributed by atoms with Crippen molar-refractivity contribution in [3.63, 3.8) is 0 Å². The van der Waals surface area contributed by atoms with Gasteiger partial charge in [-0.2, -0.15) is 0 Å². The van der Waals surface area contributed by atoms with Crippen LogP contribution in [0, 0.1) is 0 Å². The van der Waals surface area contributed by atoms with E-state index < -0.39 is 24.1 Å². The first-order chi connectivity index (χ1) is 12.4. The number of rotatable bonds is 7. The lowest BCUT2D eigenvalue weighted by Crippen LogP contribution is -2.35. The van der Waals surface area contributed by atoms with Gasteiger partial charge in [0.05, 0.1) is 0 Å². The molecular formula is C20H22ClNO4. The normalized spacial score (nSPS) is 12.8. The Morgan fingerprint density at radius 2 is 1.62 bits per heavy atom. The standard InChI is InChI=1S/C20H22ClNO4/c1-4-15-5-9-17(10-6-15)22-19(23)13(2)26-20(24)14(3)25-18-11-7-16(21)8-12-18/h5-14H,4H2,1-3H3,(H,22,23)/t13-,14+/m1/s1. The maximum Gasteiger partial charge on any atom is 0.347 e. The summed E-state index contributed by atoms with van der Waals surface area (Å²) in [6, 6.07) is 14.1. The molecule has 0 aliphatic rings. The first-order valence-electron chi connectivity index (χ1n) is 8.41. The van der Waals surface area contributed by atoms with E-state index in [9.17, 15) is 9.59 Å². The van der Waals surface area contributed by atoms with Crippen molar-refractivity contribution in [2.75, 3.05) is 5.32 Å². The molecule has 0 bridgehead atoms. The molecule has 5 nitrogen and oxygen atoms in total. The van der Waals surface area contributed by atoms with Gasteiger partial charge in [-0.05, 0) is 62.2 Å². The molecule has 0 saturated carbocycles. The zero-order chi connectivity index (χ0) is 19.1. The van der Waals surface area contributed by atoms with E-state index in [-0.39, 0.29) is 0 Å². The van der Waals surface area contributed by atoms with Gasteiger partial charge in [0.25, 0.3) is 5.91 Å². The quantitative estimate of drug-likeness (QED) is 0.735. The molecule has 138 valence electrons. The molecule has 26 heavy (non-hydrogen) atoms. The number of hydrogen-bond donors (Lipinski definition) is 1. The molecule has 0 spiro atoms. The van der Waals surface area contributed by atoms with Crippen molar-refractivity contribution >= 4 is 29.2 Å². The summed E-state index contributed by atoms with van der Waals surface area (Å²) in [5.74, 6) is -0.530. The fourth-order valence-corrected chi connectivity index (χ4v) is 2.28. The van der Waals surface area contributed by atoms with Crippen LogP contribution >= 0.6 is 11.6 Å². The summed E-state index contributed by atoms with van der Waals surface area (Å²) in [7, 11) is 0. The van der Waals surface area contributed by atoms with Crippen molar-refractivity contribution in [1.82, 2.24) is 0 Å². The van der Waals surface area contributed by atoms with Crippen LogP contribution in [0.15, 0.2) is 48.5 Å². The molecule has 0 heterocycles. The third-order valence-corrected chi connectivity index (χ3v) is 4.00. The maximum atomic E-state index is 12.2. The van der Waals surface area contributed by atoms with Crippen molar-refractivity contribution in [1.29, 1.82) is 0 Å². The second-order valence-electron chi connectivity index (χ2n) is 5.83. The van der Waals surface area contributed by atoms with Gasteiger partial charge in [-0.1, -0.05) is 30.7 Å². The van der Waals surface area contributed by atoms with Crippen LogP contribution in [0.25, 0.3) is 0 Å². The number of nitrogens with one attached hydrogen (secondary N) is 1. The lowest BCUT2D eigenvalue weighted by atomic mass is 10.1. The topological polar surface area (TPSA) is 64.6 Å². The van der Waals surface area contributed by atoms with E-state index in [1.807, 2.05) is 24.3 Å². The van der Waals surface area contributed by atoms with Crippen molar-refractivity contribution in [2.45, 2.75) is 39.4 Å². The molecule has 0 radical (unpaired) electrons. The van der Waals surface area contributed by atoms with E-state index in [0.717, 1.165) is 6.42 Å². The van der Waals surface area contributed by atoms with Crippen LogP contribution in [-0.2, 0) is 20.7 Å². The SMILES string of the molecule is CCc1ccc(NC(=O)[C@@H](C)OC(=O)[C@H](C)Oc2ccc(Cl)cc2)cc1. The first-order valence-corrected chi connectivity index (χ1v) is 8.79. The number of carbonyl (C=O) groups excluding carboxylic acids is 2. The number of amides is 1. The Bertz CT molecular complexity index is 743. The molecule has 0 aliphatic heterocycles. The van der Waals surface area contributed by atoms with Crippen LogP contribution in [0.4, 0.5) is 5.69 Å². The highest BCUT2D eigenvalue weighted by molar-refractivity contribution is 6.30. The largest absolute Gasteiger partial charge is 0.479 e. The number of ether oxygens (including phenoxy) is 2. The molecule has 1 N–H and O–H groups in total. The number of carbonyl (C=O) groups is 2. The highest BCUT2D eigenvalue weighted by atomic mass is 35.5. The van der Waals surface area contributed by atoms with Crippen LogP contribution in [0.2, 0.25) is 5.02 Å². The Labute approximate surface area is 158 Å². The van der Waals surface area contributed by atoms with Gasteiger partial charge in [-0.25, -0.2) is 4.79 Å². The smallest absolute Gasteiger partial charge is 0.347 e. The van der Waals surface area contributed by atoms with Crippen LogP contribution in [0.1, 0.15) is 26.3 Å². The highest BCUT2D eigenvalue weighted by Gasteiger charge is 2.23. The molecule has 6 heteroatoms. The number of aryl methyl sites for hydroxylation is 1. The van der Waals surface area contributed by atoms with Crippen molar-refractivity contribution in [3.8, 4) is 5.75 Å². The second-order valence-corrected chi connectivity index (χ2v) is 6.27. The number of hydrogen-bond acceptors (Lipinski definition) is 4. The van der Waals surface area contributed by atoms with Gasteiger partial charge in [0.15, 0.2) is 12.2 Å². The van der Waals surface area contributed by atoms with Gasteiger partial charge in [0.2, 0.25) is 0 Å². The van der Waals surface area contributed by atoms with Gasteiger partial charge in [0.1, 0.15) is 5.75 Å². The monoisotopic (exact) mass is 375 g/mol. The number of benzene rings is 2. The predicted octanol–water partition coefficient (Wildman–Crippen LogP) is 4.24. The minimum atomic E-state index is -0.940. The van der Waals surface area contributed by atoms with Gasteiger partial charge >= 0.3 is 5.97 Å². The van der Waals surface area contributed by atoms with Crippen LogP contribution in [0.5, 0.6) is 5.75 Å². The third-order valence-electron chi connectivity index (χ3n) is 3.75. The van der Waals surface area contributed by atoms with E-state index >= 15 is 0 Å². The van der Waals surface area contributed by atoms with Gasteiger partial charge in [-0.3, -0.25) is 4.79 Å². The molecular weight excluding hydrogens is 354 g/mol. The fourth-order valence-electron chi connectivity index (χ4n) is 2.16. The van der Waals surface area contributed by atoms with E-state index in [1.165, 1.54) is 12.5 Å². The molecule has 0 saturated heterocycles. The Balaban J connectivity index is 1.86. The van der Waals surface area contributed by atoms with Crippen LogP contribution in [0.3, 0.4) is 0 Å². The Morgan fingerprint density at radius 3 is 2.19 bits per heavy atom. The van der Waals surface area contributed by atoms with E-state index in [2.05, 4.69) is 12.2 Å². The summed E-state index contributed by atoms with van der Waals surface area (Å²) in [5.41, 5.74) is 1.83. The van der Waals surface area contributed by atoms with Crippen molar-refractivity contribution in [2.24, 2.45) is 0 Å². The predicted molar refractivity (Wildman–Crippen MR) is 102 cm³/mol. The molecule has 2 rings (SSSR count). The molecule has 0 aromatic heterocycles. The van der Waals surface area contributed by atoms with Gasteiger partial charge < -0.3 is 14.8 Å². The molecule has 2 aromatic carbocycles. The second kappa shape index (κ2) is 9.25. The summed E-state index contributed by atoms with van der Waals surface area (Å²) >= 11 is 5.81. The lowest BCUT2D eigenvalue weighted by molar-refractivity contribution is -0.159. The minimum absolute atomic E-state index is 0.402. The van der Waals surface area contributed by atoms with Crippen LogP contribution < -0.4 is 10.1 Å². The molecule has 2 atom stereocenters. The molecule has 0 fully saturated rings.